The van der Waals surface area contributed by atoms with Crippen LogP contribution in [0, 0.1) is 11.7 Å². The highest BCUT2D eigenvalue weighted by atomic mass is 19.1. The van der Waals surface area contributed by atoms with Crippen molar-refractivity contribution in [2.45, 2.75) is 44.1 Å². The van der Waals surface area contributed by atoms with Gasteiger partial charge in [-0.25, -0.2) is 4.39 Å². The van der Waals surface area contributed by atoms with E-state index in [4.69, 9.17) is 0 Å². The van der Waals surface area contributed by atoms with Crippen LogP contribution in [0.2, 0.25) is 0 Å². The summed E-state index contributed by atoms with van der Waals surface area (Å²) >= 11 is 0. The second kappa shape index (κ2) is 6.14. The maximum atomic E-state index is 13.2. The van der Waals surface area contributed by atoms with Crippen molar-refractivity contribution in [1.82, 2.24) is 10.6 Å². The van der Waals surface area contributed by atoms with E-state index < -0.39 is 0 Å². The van der Waals surface area contributed by atoms with Crippen molar-refractivity contribution < 1.29 is 9.18 Å². The van der Waals surface area contributed by atoms with Gasteiger partial charge in [0.15, 0.2) is 0 Å². The molecule has 114 valence electrons. The molecule has 3 rings (SSSR count). The Kier molecular flexibility index (Phi) is 4.24. The Hall–Kier alpha value is -1.42. The van der Waals surface area contributed by atoms with E-state index in [1.54, 1.807) is 0 Å². The molecule has 0 spiro atoms. The van der Waals surface area contributed by atoms with Crippen LogP contribution in [0.3, 0.4) is 0 Å². The fraction of sp³-hybridized carbons (Fsp3) is 0.588. The number of nitrogens with one attached hydrogen (secondary N) is 2. The summed E-state index contributed by atoms with van der Waals surface area (Å²) in [6.07, 6.45) is 6.14. The van der Waals surface area contributed by atoms with Crippen molar-refractivity contribution in [3.05, 3.63) is 35.6 Å². The minimum Gasteiger partial charge on any atom is -0.346 e. The number of benzene rings is 1. The maximum absolute atomic E-state index is 13.2. The highest BCUT2D eigenvalue weighted by Crippen LogP contribution is 2.39. The average molecular weight is 290 g/mol. The normalized spacial score (nSPS) is 24.7. The molecule has 1 aromatic rings. The zero-order valence-corrected chi connectivity index (χ0v) is 12.3. The Morgan fingerprint density at radius 2 is 1.90 bits per heavy atom. The number of hydrogen-bond donors (Lipinski definition) is 2. The summed E-state index contributed by atoms with van der Waals surface area (Å²) in [5.74, 6) is -0.0141. The fourth-order valence-electron chi connectivity index (χ4n) is 3.65. The molecule has 1 aliphatic heterocycles. The van der Waals surface area contributed by atoms with Crippen LogP contribution in [-0.2, 0) is 10.3 Å². The first kappa shape index (κ1) is 14.5. The van der Waals surface area contributed by atoms with E-state index >= 15 is 0 Å². The van der Waals surface area contributed by atoms with Gasteiger partial charge in [-0.3, -0.25) is 4.79 Å². The summed E-state index contributed by atoms with van der Waals surface area (Å²) in [6, 6.07) is 6.62. The van der Waals surface area contributed by atoms with Gasteiger partial charge in [-0.1, -0.05) is 25.0 Å². The van der Waals surface area contributed by atoms with E-state index in [0.29, 0.717) is 0 Å². The molecule has 3 nitrogen and oxygen atoms in total. The minimum absolute atomic E-state index is 0.0664. The van der Waals surface area contributed by atoms with E-state index in [9.17, 15) is 9.18 Å². The van der Waals surface area contributed by atoms with Gasteiger partial charge >= 0.3 is 0 Å². The van der Waals surface area contributed by atoms with Crippen molar-refractivity contribution in [3.63, 3.8) is 0 Å². The standard InChI is InChI=1S/C17H23FN2O/c18-15-7-5-14(6-8-15)17(9-1-2-10-17)20-16(21)13-4-3-11-19-12-13/h5-8,13,19H,1-4,9-12H2,(H,20,21). The predicted molar refractivity (Wildman–Crippen MR) is 80.3 cm³/mol. The molecule has 1 amide bonds. The lowest BCUT2D eigenvalue weighted by Crippen LogP contribution is -2.49. The van der Waals surface area contributed by atoms with Crippen molar-refractivity contribution in [1.29, 1.82) is 0 Å². The van der Waals surface area contributed by atoms with Gasteiger partial charge in [0.2, 0.25) is 5.91 Å². The van der Waals surface area contributed by atoms with E-state index in [-0.39, 0.29) is 23.2 Å². The molecule has 0 bridgehead atoms. The third kappa shape index (κ3) is 3.10. The van der Waals surface area contributed by atoms with Crippen LogP contribution in [0.4, 0.5) is 4.39 Å². The van der Waals surface area contributed by atoms with E-state index in [2.05, 4.69) is 10.6 Å². The smallest absolute Gasteiger partial charge is 0.225 e. The highest BCUT2D eigenvalue weighted by molar-refractivity contribution is 5.80. The quantitative estimate of drug-likeness (QED) is 0.898. The molecule has 1 saturated carbocycles. The van der Waals surface area contributed by atoms with Gasteiger partial charge in [-0.15, -0.1) is 0 Å². The molecule has 2 aliphatic rings. The van der Waals surface area contributed by atoms with Gasteiger partial charge in [0.1, 0.15) is 5.82 Å². The molecular weight excluding hydrogens is 267 g/mol. The summed E-state index contributed by atoms with van der Waals surface area (Å²) in [7, 11) is 0. The van der Waals surface area contributed by atoms with Gasteiger partial charge in [0.25, 0.3) is 0 Å². The lowest BCUT2D eigenvalue weighted by molar-refractivity contribution is -0.127. The molecule has 2 fully saturated rings. The zero-order chi connectivity index (χ0) is 14.7. The van der Waals surface area contributed by atoms with E-state index in [0.717, 1.165) is 57.2 Å². The van der Waals surface area contributed by atoms with Crippen LogP contribution in [0.5, 0.6) is 0 Å². The molecule has 1 saturated heterocycles. The van der Waals surface area contributed by atoms with Gasteiger partial charge in [0, 0.05) is 6.54 Å². The van der Waals surface area contributed by atoms with Crippen molar-refractivity contribution in [2.24, 2.45) is 5.92 Å². The molecule has 2 N–H and O–H groups in total. The zero-order valence-electron chi connectivity index (χ0n) is 12.3. The van der Waals surface area contributed by atoms with Crippen LogP contribution in [0.25, 0.3) is 0 Å². The second-order valence-corrected chi connectivity index (χ2v) is 6.33. The lowest BCUT2D eigenvalue weighted by Gasteiger charge is -2.34. The first-order valence-electron chi connectivity index (χ1n) is 7.98. The van der Waals surface area contributed by atoms with Gasteiger partial charge in [-0.05, 0) is 49.9 Å². The molecule has 1 heterocycles. The summed E-state index contributed by atoms with van der Waals surface area (Å²) in [5, 5.41) is 6.59. The molecule has 0 radical (unpaired) electrons. The van der Waals surface area contributed by atoms with Crippen LogP contribution in [-0.4, -0.2) is 19.0 Å². The molecular formula is C17H23FN2O. The number of carbonyl (C=O) groups is 1. The Morgan fingerprint density at radius 3 is 2.52 bits per heavy atom. The van der Waals surface area contributed by atoms with Gasteiger partial charge in [-0.2, -0.15) is 0 Å². The monoisotopic (exact) mass is 290 g/mol. The third-order valence-corrected chi connectivity index (χ3v) is 4.88. The molecule has 1 unspecified atom stereocenters. The predicted octanol–water partition coefficient (Wildman–Crippen LogP) is 2.71. The number of carbonyl (C=O) groups excluding carboxylic acids is 1. The lowest BCUT2D eigenvalue weighted by atomic mass is 9.86. The fourth-order valence-corrected chi connectivity index (χ4v) is 3.65. The molecule has 1 atom stereocenters. The largest absolute Gasteiger partial charge is 0.346 e. The molecule has 1 aromatic carbocycles. The van der Waals surface area contributed by atoms with Crippen LogP contribution in [0.15, 0.2) is 24.3 Å². The summed E-state index contributed by atoms with van der Waals surface area (Å²) in [6.45, 7) is 1.78. The van der Waals surface area contributed by atoms with Crippen molar-refractivity contribution in [3.8, 4) is 0 Å². The Morgan fingerprint density at radius 1 is 1.19 bits per heavy atom. The first-order chi connectivity index (χ1) is 10.2. The summed E-state index contributed by atoms with van der Waals surface area (Å²) in [4.78, 5) is 12.6. The second-order valence-electron chi connectivity index (χ2n) is 6.33. The van der Waals surface area contributed by atoms with Crippen molar-refractivity contribution >= 4 is 5.91 Å². The first-order valence-corrected chi connectivity index (χ1v) is 7.98. The summed E-state index contributed by atoms with van der Waals surface area (Å²) < 4.78 is 13.2. The van der Waals surface area contributed by atoms with E-state index in [1.165, 1.54) is 12.1 Å². The van der Waals surface area contributed by atoms with Crippen LogP contribution < -0.4 is 10.6 Å². The summed E-state index contributed by atoms with van der Waals surface area (Å²) in [5.41, 5.74) is 0.751. The number of piperidine rings is 1. The number of rotatable bonds is 3. The van der Waals surface area contributed by atoms with Crippen molar-refractivity contribution in [2.75, 3.05) is 13.1 Å². The number of hydrogen-bond acceptors (Lipinski definition) is 2. The van der Waals surface area contributed by atoms with Crippen LogP contribution in [0.1, 0.15) is 44.1 Å². The van der Waals surface area contributed by atoms with Gasteiger partial charge < -0.3 is 10.6 Å². The SMILES string of the molecule is O=C(NC1(c2ccc(F)cc2)CCCC1)C1CCCNC1. The number of halogens is 1. The average Bonchev–Trinajstić information content (AvgIpc) is 2.98. The number of amides is 1. The van der Waals surface area contributed by atoms with Crippen LogP contribution >= 0.6 is 0 Å². The maximum Gasteiger partial charge on any atom is 0.225 e. The Balaban J connectivity index is 1.77. The highest BCUT2D eigenvalue weighted by Gasteiger charge is 2.38. The topological polar surface area (TPSA) is 41.1 Å². The Bertz CT molecular complexity index is 488. The minimum atomic E-state index is -0.289. The molecule has 21 heavy (non-hydrogen) atoms. The van der Waals surface area contributed by atoms with E-state index in [1.807, 2.05) is 12.1 Å². The Labute approximate surface area is 125 Å². The van der Waals surface area contributed by atoms with Gasteiger partial charge in [0.05, 0.1) is 11.5 Å². The molecule has 4 heteroatoms. The third-order valence-electron chi connectivity index (χ3n) is 4.88. The molecule has 1 aliphatic carbocycles. The molecule has 0 aromatic heterocycles.